The third kappa shape index (κ3) is 2.28. The molecule has 0 amide bonds. The zero-order valence-electron chi connectivity index (χ0n) is 8.25. The van der Waals surface area contributed by atoms with Crippen LogP contribution in [0.25, 0.3) is 0 Å². The van der Waals surface area contributed by atoms with E-state index in [-0.39, 0.29) is 6.04 Å². The van der Waals surface area contributed by atoms with E-state index in [1.165, 1.54) is 34.8 Å². The van der Waals surface area contributed by atoms with Gasteiger partial charge in [0.2, 0.25) is 0 Å². The molecule has 1 aromatic carbocycles. The molecule has 1 saturated carbocycles. The van der Waals surface area contributed by atoms with E-state index in [1.54, 1.807) is 0 Å². The van der Waals surface area contributed by atoms with Crippen molar-refractivity contribution in [3.63, 3.8) is 0 Å². The van der Waals surface area contributed by atoms with Gasteiger partial charge in [-0.1, -0.05) is 25.0 Å². The van der Waals surface area contributed by atoms with Crippen LogP contribution in [0.2, 0.25) is 0 Å². The molecular weight excluding hydrogens is 285 g/mol. The second kappa shape index (κ2) is 4.62. The van der Waals surface area contributed by atoms with Crippen LogP contribution in [0, 0.1) is 9.49 Å². The number of hydrogen-bond acceptors (Lipinski definition) is 1. The summed E-state index contributed by atoms with van der Waals surface area (Å²) in [7, 11) is 0. The molecule has 2 rings (SSSR count). The molecule has 2 N–H and O–H groups in total. The SMILES string of the molecule is N[C@H](c1cccc(I)c1)C1CCCC1. The fraction of sp³-hybridized carbons (Fsp3) is 0.500. The highest BCUT2D eigenvalue weighted by Crippen LogP contribution is 2.34. The fourth-order valence-electron chi connectivity index (χ4n) is 2.30. The molecule has 1 nitrogen and oxygen atoms in total. The Hall–Kier alpha value is -0.0900. The molecule has 1 aliphatic rings. The highest BCUT2D eigenvalue weighted by atomic mass is 127. The Kier molecular flexibility index (Phi) is 3.44. The van der Waals surface area contributed by atoms with Crippen LogP contribution in [0.4, 0.5) is 0 Å². The molecule has 14 heavy (non-hydrogen) atoms. The molecule has 1 atom stereocenters. The van der Waals surface area contributed by atoms with Crippen LogP contribution in [0.1, 0.15) is 37.3 Å². The third-order valence-electron chi connectivity index (χ3n) is 3.14. The second-order valence-corrected chi connectivity index (χ2v) is 5.37. The number of rotatable bonds is 2. The normalized spacial score (nSPS) is 19.9. The molecular formula is C12H16IN. The first-order valence-electron chi connectivity index (χ1n) is 5.28. The van der Waals surface area contributed by atoms with E-state index in [0.717, 1.165) is 0 Å². The number of benzene rings is 1. The topological polar surface area (TPSA) is 26.0 Å². The predicted molar refractivity (Wildman–Crippen MR) is 68.0 cm³/mol. The Bertz CT molecular complexity index is 305. The van der Waals surface area contributed by atoms with Gasteiger partial charge < -0.3 is 5.73 Å². The third-order valence-corrected chi connectivity index (χ3v) is 3.81. The Balaban J connectivity index is 2.13. The summed E-state index contributed by atoms with van der Waals surface area (Å²) in [6.45, 7) is 0. The van der Waals surface area contributed by atoms with Crippen LogP contribution in [0.15, 0.2) is 24.3 Å². The Morgan fingerprint density at radius 1 is 1.29 bits per heavy atom. The first-order valence-corrected chi connectivity index (χ1v) is 6.36. The molecule has 1 aromatic rings. The highest BCUT2D eigenvalue weighted by molar-refractivity contribution is 14.1. The lowest BCUT2D eigenvalue weighted by atomic mass is 9.93. The zero-order valence-corrected chi connectivity index (χ0v) is 10.4. The predicted octanol–water partition coefficient (Wildman–Crippen LogP) is 3.48. The summed E-state index contributed by atoms with van der Waals surface area (Å²) in [4.78, 5) is 0. The van der Waals surface area contributed by atoms with Gasteiger partial charge in [-0.3, -0.25) is 0 Å². The van der Waals surface area contributed by atoms with Gasteiger partial charge in [-0.25, -0.2) is 0 Å². The second-order valence-electron chi connectivity index (χ2n) is 4.13. The van der Waals surface area contributed by atoms with Crippen LogP contribution in [0.3, 0.4) is 0 Å². The minimum absolute atomic E-state index is 0.257. The molecule has 2 heteroatoms. The standard InChI is InChI=1S/C12H16IN/c13-11-7-3-6-10(8-11)12(14)9-4-1-2-5-9/h3,6-9,12H,1-2,4-5,14H2/t12-/m0/s1. The van der Waals surface area contributed by atoms with Crippen LogP contribution < -0.4 is 5.73 Å². The summed E-state index contributed by atoms with van der Waals surface area (Å²) in [5, 5.41) is 0. The maximum atomic E-state index is 6.27. The van der Waals surface area contributed by atoms with Crippen molar-refractivity contribution in [3.05, 3.63) is 33.4 Å². The lowest BCUT2D eigenvalue weighted by Gasteiger charge is -2.19. The van der Waals surface area contributed by atoms with Crippen molar-refractivity contribution in [2.45, 2.75) is 31.7 Å². The first-order chi connectivity index (χ1) is 6.77. The number of halogens is 1. The molecule has 0 aliphatic heterocycles. The lowest BCUT2D eigenvalue weighted by Crippen LogP contribution is -2.19. The quantitative estimate of drug-likeness (QED) is 0.832. The maximum Gasteiger partial charge on any atom is 0.0323 e. The Morgan fingerprint density at radius 3 is 2.64 bits per heavy atom. The van der Waals surface area contributed by atoms with E-state index < -0.39 is 0 Å². The van der Waals surface area contributed by atoms with Crippen molar-refractivity contribution in [1.82, 2.24) is 0 Å². The summed E-state index contributed by atoms with van der Waals surface area (Å²) >= 11 is 2.35. The van der Waals surface area contributed by atoms with Crippen molar-refractivity contribution in [1.29, 1.82) is 0 Å². The molecule has 0 aromatic heterocycles. The van der Waals surface area contributed by atoms with Gasteiger partial charge in [-0.15, -0.1) is 0 Å². The van der Waals surface area contributed by atoms with Crippen molar-refractivity contribution >= 4 is 22.6 Å². The molecule has 0 spiro atoms. The zero-order chi connectivity index (χ0) is 9.97. The summed E-state index contributed by atoms with van der Waals surface area (Å²) in [5.41, 5.74) is 7.57. The van der Waals surface area contributed by atoms with Crippen molar-refractivity contribution in [3.8, 4) is 0 Å². The van der Waals surface area contributed by atoms with Crippen LogP contribution in [0.5, 0.6) is 0 Å². The molecule has 0 bridgehead atoms. The minimum Gasteiger partial charge on any atom is -0.324 e. The van der Waals surface area contributed by atoms with Gasteiger partial charge >= 0.3 is 0 Å². The average Bonchev–Trinajstić information content (AvgIpc) is 2.69. The van der Waals surface area contributed by atoms with Gasteiger partial charge in [-0.05, 0) is 59.0 Å². The number of nitrogens with two attached hydrogens (primary N) is 1. The summed E-state index contributed by atoms with van der Waals surface area (Å²) in [5.74, 6) is 0.716. The van der Waals surface area contributed by atoms with Crippen LogP contribution in [-0.4, -0.2) is 0 Å². The molecule has 0 heterocycles. The smallest absolute Gasteiger partial charge is 0.0323 e. The van der Waals surface area contributed by atoms with Gasteiger partial charge in [0, 0.05) is 9.61 Å². The van der Waals surface area contributed by atoms with Gasteiger partial charge in [0.25, 0.3) is 0 Å². The molecule has 0 radical (unpaired) electrons. The van der Waals surface area contributed by atoms with E-state index in [4.69, 9.17) is 5.73 Å². The van der Waals surface area contributed by atoms with E-state index in [2.05, 4.69) is 46.9 Å². The highest BCUT2D eigenvalue weighted by Gasteiger charge is 2.22. The van der Waals surface area contributed by atoms with Crippen LogP contribution >= 0.6 is 22.6 Å². The Morgan fingerprint density at radius 2 is 2.00 bits per heavy atom. The van der Waals surface area contributed by atoms with Gasteiger partial charge in [0.1, 0.15) is 0 Å². The maximum absolute atomic E-state index is 6.27. The molecule has 0 saturated heterocycles. The molecule has 0 unspecified atom stereocenters. The van der Waals surface area contributed by atoms with Crippen molar-refractivity contribution < 1.29 is 0 Å². The van der Waals surface area contributed by atoms with E-state index >= 15 is 0 Å². The molecule has 76 valence electrons. The summed E-state index contributed by atoms with van der Waals surface area (Å²) in [6.07, 6.45) is 5.35. The van der Waals surface area contributed by atoms with Gasteiger partial charge in [0.15, 0.2) is 0 Å². The van der Waals surface area contributed by atoms with E-state index in [0.29, 0.717) is 5.92 Å². The van der Waals surface area contributed by atoms with E-state index in [1.807, 2.05) is 0 Å². The summed E-state index contributed by atoms with van der Waals surface area (Å²) in [6, 6.07) is 8.85. The minimum atomic E-state index is 0.257. The average molecular weight is 301 g/mol. The summed E-state index contributed by atoms with van der Waals surface area (Å²) < 4.78 is 1.29. The molecule has 1 fully saturated rings. The van der Waals surface area contributed by atoms with Crippen LogP contribution in [-0.2, 0) is 0 Å². The first kappa shape index (κ1) is 10.4. The Labute approximate surface area is 99.2 Å². The number of hydrogen-bond donors (Lipinski definition) is 1. The molecule has 1 aliphatic carbocycles. The largest absolute Gasteiger partial charge is 0.324 e. The van der Waals surface area contributed by atoms with Crippen molar-refractivity contribution in [2.24, 2.45) is 11.7 Å². The van der Waals surface area contributed by atoms with Gasteiger partial charge in [0.05, 0.1) is 0 Å². The monoisotopic (exact) mass is 301 g/mol. The van der Waals surface area contributed by atoms with E-state index in [9.17, 15) is 0 Å². The fourth-order valence-corrected chi connectivity index (χ4v) is 2.87. The van der Waals surface area contributed by atoms with Crippen molar-refractivity contribution in [2.75, 3.05) is 0 Å². The van der Waals surface area contributed by atoms with Gasteiger partial charge in [-0.2, -0.15) is 0 Å². The lowest BCUT2D eigenvalue weighted by molar-refractivity contribution is 0.445.